The van der Waals surface area contributed by atoms with Gasteiger partial charge in [0.25, 0.3) is 5.91 Å². The topological polar surface area (TPSA) is 38.3 Å². The van der Waals surface area contributed by atoms with E-state index in [-0.39, 0.29) is 11.9 Å². The molecule has 138 valence electrons. The van der Waals surface area contributed by atoms with E-state index in [1.807, 2.05) is 31.2 Å². The van der Waals surface area contributed by atoms with E-state index in [0.717, 1.165) is 24.2 Å². The second kappa shape index (κ2) is 8.39. The molecule has 2 aromatic rings. The highest BCUT2D eigenvalue weighted by Crippen LogP contribution is 2.26. The molecule has 1 aliphatic carbocycles. The van der Waals surface area contributed by atoms with Crippen LogP contribution in [0.25, 0.3) is 0 Å². The van der Waals surface area contributed by atoms with Crippen molar-refractivity contribution in [1.29, 1.82) is 0 Å². The fourth-order valence-electron chi connectivity index (χ4n) is 3.61. The maximum absolute atomic E-state index is 12.7. The number of rotatable bonds is 6. The molecule has 0 radical (unpaired) electrons. The van der Waals surface area contributed by atoms with E-state index in [1.165, 1.54) is 36.0 Å². The Balaban J connectivity index is 1.67. The Morgan fingerprint density at radius 2 is 1.85 bits per heavy atom. The molecule has 1 amide bonds. The number of ether oxygens (including phenoxy) is 1. The van der Waals surface area contributed by atoms with Gasteiger partial charge in [0.2, 0.25) is 0 Å². The molecule has 0 unspecified atom stereocenters. The molecule has 1 N–H and O–H groups in total. The molecule has 0 spiro atoms. The Bertz CT molecular complexity index is 769. The van der Waals surface area contributed by atoms with E-state index in [0.29, 0.717) is 0 Å². The van der Waals surface area contributed by atoms with Crippen molar-refractivity contribution in [1.82, 2.24) is 5.32 Å². The number of nitrogens with one attached hydrogen (secondary N) is 1. The minimum Gasteiger partial charge on any atom is -0.481 e. The van der Waals surface area contributed by atoms with Gasteiger partial charge < -0.3 is 10.1 Å². The average Bonchev–Trinajstić information content (AvgIpc) is 2.67. The molecular weight excluding hydrogens is 322 g/mol. The minimum absolute atomic E-state index is 0.0256. The highest BCUT2D eigenvalue weighted by atomic mass is 16.5. The van der Waals surface area contributed by atoms with Crippen LogP contribution in [0.2, 0.25) is 0 Å². The predicted molar refractivity (Wildman–Crippen MR) is 106 cm³/mol. The molecule has 0 aliphatic heterocycles. The third-order valence-electron chi connectivity index (χ3n) is 5.27. The van der Waals surface area contributed by atoms with Gasteiger partial charge in [-0.25, -0.2) is 0 Å². The predicted octanol–water partition coefficient (Wildman–Crippen LogP) is 4.91. The Labute approximate surface area is 156 Å². The molecule has 0 heterocycles. The SMILES string of the molecule is CC[C@H](NC(=O)[C@@H](C)Oc1ccccc1C)c1ccc2c(c1)CCCC2. The van der Waals surface area contributed by atoms with Gasteiger partial charge in [0.15, 0.2) is 6.10 Å². The van der Waals surface area contributed by atoms with Crippen LogP contribution in [-0.4, -0.2) is 12.0 Å². The van der Waals surface area contributed by atoms with Gasteiger partial charge in [0.05, 0.1) is 6.04 Å². The Morgan fingerprint density at radius 1 is 1.12 bits per heavy atom. The van der Waals surface area contributed by atoms with E-state index in [1.54, 1.807) is 6.92 Å². The number of carbonyl (C=O) groups excluding carboxylic acids is 1. The zero-order valence-electron chi connectivity index (χ0n) is 16.0. The number of fused-ring (bicyclic) bond motifs is 1. The van der Waals surface area contributed by atoms with Gasteiger partial charge in [-0.2, -0.15) is 0 Å². The van der Waals surface area contributed by atoms with Gasteiger partial charge in [-0.05, 0) is 74.3 Å². The molecule has 2 atom stereocenters. The number of amides is 1. The monoisotopic (exact) mass is 351 g/mol. The second-order valence-corrected chi connectivity index (χ2v) is 7.23. The summed E-state index contributed by atoms with van der Waals surface area (Å²) in [6, 6.07) is 14.5. The van der Waals surface area contributed by atoms with Crippen molar-refractivity contribution >= 4 is 5.91 Å². The van der Waals surface area contributed by atoms with Crippen LogP contribution in [0, 0.1) is 6.92 Å². The van der Waals surface area contributed by atoms with Crippen molar-refractivity contribution in [2.45, 2.75) is 65.0 Å². The number of benzene rings is 2. The van der Waals surface area contributed by atoms with Crippen LogP contribution >= 0.6 is 0 Å². The van der Waals surface area contributed by atoms with Crippen molar-refractivity contribution in [2.24, 2.45) is 0 Å². The van der Waals surface area contributed by atoms with Crippen molar-refractivity contribution in [2.75, 3.05) is 0 Å². The lowest BCUT2D eigenvalue weighted by molar-refractivity contribution is -0.128. The van der Waals surface area contributed by atoms with Crippen molar-refractivity contribution in [3.8, 4) is 5.75 Å². The zero-order chi connectivity index (χ0) is 18.5. The van der Waals surface area contributed by atoms with Gasteiger partial charge >= 0.3 is 0 Å². The number of carbonyl (C=O) groups is 1. The van der Waals surface area contributed by atoms with Gasteiger partial charge in [-0.1, -0.05) is 43.3 Å². The highest BCUT2D eigenvalue weighted by Gasteiger charge is 2.21. The molecule has 3 nitrogen and oxygen atoms in total. The lowest BCUT2D eigenvalue weighted by Gasteiger charge is -2.23. The quantitative estimate of drug-likeness (QED) is 0.803. The molecule has 0 saturated carbocycles. The zero-order valence-corrected chi connectivity index (χ0v) is 16.0. The van der Waals surface area contributed by atoms with Gasteiger partial charge in [-0.15, -0.1) is 0 Å². The van der Waals surface area contributed by atoms with E-state index in [4.69, 9.17) is 4.74 Å². The van der Waals surface area contributed by atoms with Crippen LogP contribution in [0.5, 0.6) is 5.75 Å². The van der Waals surface area contributed by atoms with Crippen LogP contribution in [0.15, 0.2) is 42.5 Å². The Hall–Kier alpha value is -2.29. The first-order chi connectivity index (χ1) is 12.6. The lowest BCUT2D eigenvalue weighted by atomic mass is 9.89. The summed E-state index contributed by atoms with van der Waals surface area (Å²) in [7, 11) is 0. The van der Waals surface area contributed by atoms with Crippen LogP contribution in [0.1, 0.15) is 61.4 Å². The molecular formula is C23H29NO2. The fraction of sp³-hybridized carbons (Fsp3) is 0.435. The summed E-state index contributed by atoms with van der Waals surface area (Å²) in [5.74, 6) is 0.690. The summed E-state index contributed by atoms with van der Waals surface area (Å²) in [6.07, 6.45) is 5.22. The van der Waals surface area contributed by atoms with Crippen LogP contribution in [0.4, 0.5) is 0 Å². The molecule has 0 fully saturated rings. The first kappa shape index (κ1) is 18.5. The largest absolute Gasteiger partial charge is 0.481 e. The maximum atomic E-state index is 12.7. The normalized spacial score (nSPS) is 15.7. The number of aryl methyl sites for hydroxylation is 3. The average molecular weight is 351 g/mol. The van der Waals surface area contributed by atoms with E-state index < -0.39 is 6.10 Å². The van der Waals surface area contributed by atoms with E-state index >= 15 is 0 Å². The summed E-state index contributed by atoms with van der Waals surface area (Å²) < 4.78 is 5.87. The molecule has 1 aliphatic rings. The van der Waals surface area contributed by atoms with Gasteiger partial charge in [0.1, 0.15) is 5.75 Å². The molecule has 3 rings (SSSR count). The molecule has 2 aromatic carbocycles. The standard InChI is InChI=1S/C23H29NO2/c1-4-21(20-14-13-18-10-6-7-11-19(18)15-20)24-23(25)17(3)26-22-12-8-5-9-16(22)2/h5,8-9,12-15,17,21H,4,6-7,10-11H2,1-3H3,(H,24,25)/t17-,21+/m1/s1. The molecule has 0 bridgehead atoms. The number of hydrogen-bond donors (Lipinski definition) is 1. The van der Waals surface area contributed by atoms with Gasteiger partial charge in [0, 0.05) is 0 Å². The Kier molecular flexibility index (Phi) is 5.97. The smallest absolute Gasteiger partial charge is 0.261 e. The van der Waals surface area contributed by atoms with E-state index in [9.17, 15) is 4.79 Å². The van der Waals surface area contributed by atoms with Gasteiger partial charge in [-0.3, -0.25) is 4.79 Å². The molecule has 3 heteroatoms. The number of hydrogen-bond acceptors (Lipinski definition) is 2. The lowest BCUT2D eigenvalue weighted by Crippen LogP contribution is -2.38. The van der Waals surface area contributed by atoms with Crippen molar-refractivity contribution < 1.29 is 9.53 Å². The third kappa shape index (κ3) is 4.27. The summed E-state index contributed by atoms with van der Waals surface area (Å²) in [6.45, 7) is 5.90. The maximum Gasteiger partial charge on any atom is 0.261 e. The minimum atomic E-state index is -0.525. The van der Waals surface area contributed by atoms with E-state index in [2.05, 4.69) is 30.4 Å². The summed E-state index contributed by atoms with van der Waals surface area (Å²) >= 11 is 0. The van der Waals surface area contributed by atoms with Crippen molar-refractivity contribution in [3.05, 3.63) is 64.7 Å². The molecule has 0 aromatic heterocycles. The molecule has 0 saturated heterocycles. The first-order valence-corrected chi connectivity index (χ1v) is 9.73. The van der Waals surface area contributed by atoms with Crippen LogP contribution in [-0.2, 0) is 17.6 Å². The summed E-state index contributed by atoms with van der Waals surface area (Å²) in [4.78, 5) is 12.7. The third-order valence-corrected chi connectivity index (χ3v) is 5.27. The second-order valence-electron chi connectivity index (χ2n) is 7.23. The van der Waals surface area contributed by atoms with Crippen LogP contribution < -0.4 is 10.1 Å². The Morgan fingerprint density at radius 3 is 2.58 bits per heavy atom. The van der Waals surface area contributed by atoms with Crippen molar-refractivity contribution in [3.63, 3.8) is 0 Å². The fourth-order valence-corrected chi connectivity index (χ4v) is 3.61. The highest BCUT2D eigenvalue weighted by molar-refractivity contribution is 5.81. The summed E-state index contributed by atoms with van der Waals surface area (Å²) in [5, 5.41) is 3.17. The molecule has 26 heavy (non-hydrogen) atoms. The first-order valence-electron chi connectivity index (χ1n) is 9.73. The summed E-state index contributed by atoms with van der Waals surface area (Å²) in [5.41, 5.74) is 5.15. The van der Waals surface area contributed by atoms with Crippen LogP contribution in [0.3, 0.4) is 0 Å². The number of para-hydroxylation sites is 1.